The largest absolute Gasteiger partial charge is 0.354 e. The van der Waals surface area contributed by atoms with E-state index in [1.165, 1.54) is 0 Å². The van der Waals surface area contributed by atoms with Crippen LogP contribution >= 0.6 is 0 Å². The molecule has 3 N–H and O–H groups in total. The number of nitrogens with one attached hydrogen (secondary N) is 1. The zero-order chi connectivity index (χ0) is 8.43. The third-order valence-corrected chi connectivity index (χ3v) is 2.04. The molecule has 0 spiro atoms. The molecule has 1 aliphatic rings. The second-order valence-corrected chi connectivity index (χ2v) is 3.54. The Balaban J connectivity index is 2.12. The highest BCUT2D eigenvalue weighted by Gasteiger charge is 2.38. The highest BCUT2D eigenvalue weighted by atomic mass is 16.2. The molecular formula is C8H16N2O. The van der Waals surface area contributed by atoms with Crippen molar-refractivity contribution in [1.29, 1.82) is 0 Å². The zero-order valence-electron chi connectivity index (χ0n) is 7.13. The lowest BCUT2D eigenvalue weighted by Crippen LogP contribution is -2.36. The molecule has 0 bridgehead atoms. The highest BCUT2D eigenvalue weighted by Crippen LogP contribution is 2.37. The first-order valence-corrected chi connectivity index (χ1v) is 4.14. The summed E-state index contributed by atoms with van der Waals surface area (Å²) in [7, 11) is 0. The topological polar surface area (TPSA) is 55.1 Å². The zero-order valence-corrected chi connectivity index (χ0v) is 7.13. The van der Waals surface area contributed by atoms with Crippen LogP contribution < -0.4 is 11.1 Å². The molecule has 3 unspecified atom stereocenters. The fourth-order valence-electron chi connectivity index (χ4n) is 1.08. The van der Waals surface area contributed by atoms with Crippen LogP contribution in [0, 0.1) is 11.8 Å². The van der Waals surface area contributed by atoms with E-state index in [0.717, 1.165) is 6.42 Å². The molecule has 3 nitrogen and oxygen atoms in total. The van der Waals surface area contributed by atoms with Crippen LogP contribution in [0.5, 0.6) is 0 Å². The molecule has 0 radical (unpaired) electrons. The van der Waals surface area contributed by atoms with Gasteiger partial charge in [-0.25, -0.2) is 0 Å². The fraction of sp³-hybridized carbons (Fsp3) is 0.875. The van der Waals surface area contributed by atoms with Gasteiger partial charge in [0.05, 0.1) is 0 Å². The summed E-state index contributed by atoms with van der Waals surface area (Å²) in [5, 5.41) is 2.81. The Kier molecular flexibility index (Phi) is 2.49. The van der Waals surface area contributed by atoms with Gasteiger partial charge in [-0.1, -0.05) is 6.92 Å². The monoisotopic (exact) mass is 156 g/mol. The lowest BCUT2D eigenvalue weighted by atomic mass is 10.3. The predicted molar refractivity (Wildman–Crippen MR) is 43.9 cm³/mol. The minimum atomic E-state index is 0.0630. The van der Waals surface area contributed by atoms with E-state index in [2.05, 4.69) is 12.2 Å². The van der Waals surface area contributed by atoms with Gasteiger partial charge < -0.3 is 11.1 Å². The Bertz CT molecular complexity index is 156. The molecule has 64 valence electrons. The maximum atomic E-state index is 11.2. The maximum Gasteiger partial charge on any atom is 0.223 e. The minimum Gasteiger partial charge on any atom is -0.354 e. The molecule has 0 aliphatic heterocycles. The summed E-state index contributed by atoms with van der Waals surface area (Å²) in [6.45, 7) is 4.58. The van der Waals surface area contributed by atoms with Crippen molar-refractivity contribution in [2.75, 3.05) is 6.54 Å². The second-order valence-electron chi connectivity index (χ2n) is 3.54. The molecule has 0 aromatic heterocycles. The van der Waals surface area contributed by atoms with Crippen LogP contribution in [0.15, 0.2) is 0 Å². The van der Waals surface area contributed by atoms with Crippen LogP contribution in [0.3, 0.4) is 0 Å². The number of nitrogens with two attached hydrogens (primary N) is 1. The van der Waals surface area contributed by atoms with E-state index in [0.29, 0.717) is 12.5 Å². The molecule has 1 rings (SSSR count). The van der Waals surface area contributed by atoms with E-state index >= 15 is 0 Å². The van der Waals surface area contributed by atoms with Crippen LogP contribution in [0.25, 0.3) is 0 Å². The summed E-state index contributed by atoms with van der Waals surface area (Å²) >= 11 is 0. The van der Waals surface area contributed by atoms with Crippen LogP contribution in [-0.2, 0) is 4.79 Å². The van der Waals surface area contributed by atoms with E-state index in [9.17, 15) is 4.79 Å². The van der Waals surface area contributed by atoms with Crippen molar-refractivity contribution in [3.8, 4) is 0 Å². The van der Waals surface area contributed by atoms with Crippen molar-refractivity contribution in [2.24, 2.45) is 17.6 Å². The molecular weight excluding hydrogens is 140 g/mol. The van der Waals surface area contributed by atoms with Gasteiger partial charge in [0.15, 0.2) is 0 Å². The lowest BCUT2D eigenvalue weighted by Gasteiger charge is -2.06. The minimum absolute atomic E-state index is 0.0630. The third kappa shape index (κ3) is 2.50. The predicted octanol–water partition coefficient (Wildman–Crippen LogP) is 0.106. The van der Waals surface area contributed by atoms with Crippen molar-refractivity contribution in [3.63, 3.8) is 0 Å². The number of hydrogen-bond acceptors (Lipinski definition) is 2. The van der Waals surface area contributed by atoms with E-state index < -0.39 is 0 Å². The average molecular weight is 156 g/mol. The summed E-state index contributed by atoms with van der Waals surface area (Å²) in [6.07, 6.45) is 1.05. The fourth-order valence-corrected chi connectivity index (χ4v) is 1.08. The molecule has 0 saturated heterocycles. The summed E-state index contributed by atoms with van der Waals surface area (Å²) in [4.78, 5) is 11.2. The number of carbonyl (C=O) groups excluding carboxylic acids is 1. The van der Waals surface area contributed by atoms with Crippen molar-refractivity contribution in [3.05, 3.63) is 0 Å². The van der Waals surface area contributed by atoms with Gasteiger partial charge in [-0.3, -0.25) is 4.79 Å². The Morgan fingerprint density at radius 3 is 2.73 bits per heavy atom. The second kappa shape index (κ2) is 3.22. The Hall–Kier alpha value is -0.570. The normalized spacial score (nSPS) is 31.2. The van der Waals surface area contributed by atoms with Crippen molar-refractivity contribution >= 4 is 5.91 Å². The van der Waals surface area contributed by atoms with Gasteiger partial charge in [-0.2, -0.15) is 0 Å². The molecule has 0 aromatic rings. The smallest absolute Gasteiger partial charge is 0.223 e. The van der Waals surface area contributed by atoms with Gasteiger partial charge >= 0.3 is 0 Å². The number of carbonyl (C=O) groups is 1. The molecule has 0 heterocycles. The van der Waals surface area contributed by atoms with Crippen molar-refractivity contribution < 1.29 is 4.79 Å². The van der Waals surface area contributed by atoms with Gasteiger partial charge in [0, 0.05) is 18.5 Å². The van der Waals surface area contributed by atoms with Gasteiger partial charge in [-0.05, 0) is 19.3 Å². The van der Waals surface area contributed by atoms with Crippen LogP contribution in [-0.4, -0.2) is 18.5 Å². The van der Waals surface area contributed by atoms with Gasteiger partial charge in [0.1, 0.15) is 0 Å². The molecule has 1 fully saturated rings. The molecule has 3 atom stereocenters. The quantitative estimate of drug-likeness (QED) is 0.609. The van der Waals surface area contributed by atoms with Crippen LogP contribution in [0.2, 0.25) is 0 Å². The average Bonchev–Trinajstić information content (AvgIpc) is 2.61. The Morgan fingerprint density at radius 2 is 2.36 bits per heavy atom. The van der Waals surface area contributed by atoms with Gasteiger partial charge in [-0.15, -0.1) is 0 Å². The number of rotatable bonds is 3. The Morgan fingerprint density at radius 1 is 1.82 bits per heavy atom. The third-order valence-electron chi connectivity index (χ3n) is 2.04. The van der Waals surface area contributed by atoms with Crippen LogP contribution in [0.1, 0.15) is 20.3 Å². The molecule has 11 heavy (non-hydrogen) atoms. The van der Waals surface area contributed by atoms with E-state index in [4.69, 9.17) is 5.73 Å². The maximum absolute atomic E-state index is 11.2. The van der Waals surface area contributed by atoms with Crippen LogP contribution in [0.4, 0.5) is 0 Å². The Labute approximate surface area is 67.3 Å². The van der Waals surface area contributed by atoms with E-state index in [1.54, 1.807) is 0 Å². The standard InChI is InChI=1S/C8H16N2O/c1-5-3-7(5)8(11)10-4-6(2)9/h5-7H,3-4,9H2,1-2H3,(H,10,11). The summed E-state index contributed by atoms with van der Waals surface area (Å²) in [5.74, 6) is 1.03. The van der Waals surface area contributed by atoms with Gasteiger partial charge in [0.25, 0.3) is 0 Å². The molecule has 1 aliphatic carbocycles. The van der Waals surface area contributed by atoms with Crippen molar-refractivity contribution in [2.45, 2.75) is 26.3 Å². The first-order valence-electron chi connectivity index (χ1n) is 4.14. The number of hydrogen-bond donors (Lipinski definition) is 2. The molecule has 3 heteroatoms. The highest BCUT2D eigenvalue weighted by molar-refractivity contribution is 5.81. The van der Waals surface area contributed by atoms with E-state index in [1.807, 2.05) is 6.92 Å². The SMILES string of the molecule is CC(N)CNC(=O)C1CC1C. The first kappa shape index (κ1) is 8.53. The summed E-state index contributed by atoms with van der Waals surface area (Å²) in [5.41, 5.74) is 5.48. The summed E-state index contributed by atoms with van der Waals surface area (Å²) < 4.78 is 0. The van der Waals surface area contributed by atoms with Gasteiger partial charge in [0.2, 0.25) is 5.91 Å². The van der Waals surface area contributed by atoms with E-state index in [-0.39, 0.29) is 17.9 Å². The summed E-state index contributed by atoms with van der Waals surface area (Å²) in [6, 6.07) is 0.0630. The first-order chi connectivity index (χ1) is 5.11. The molecule has 0 aromatic carbocycles. The lowest BCUT2D eigenvalue weighted by molar-refractivity contribution is -0.122. The molecule has 1 saturated carbocycles. The molecule has 1 amide bonds. The van der Waals surface area contributed by atoms with Crippen molar-refractivity contribution in [1.82, 2.24) is 5.32 Å². The number of amides is 1.